The molecule has 0 amide bonds. The summed E-state index contributed by atoms with van der Waals surface area (Å²) in [7, 11) is 0. The standard InChI is InChI=1S/C16H25BrN2/c1-3-5-6-7-8-11-15(18-12-4-2)16-14(17)10-9-13-19-16/h3,9-10,13,15,18H,1,4-8,11-12H2,2H3. The van der Waals surface area contributed by atoms with E-state index in [2.05, 4.69) is 45.8 Å². The SMILES string of the molecule is C=CCCCCCC(NCCC)c1ncccc1Br. The van der Waals surface area contributed by atoms with Crippen molar-refractivity contribution in [3.63, 3.8) is 0 Å². The molecule has 0 aliphatic carbocycles. The van der Waals surface area contributed by atoms with Gasteiger partial charge in [-0.15, -0.1) is 6.58 Å². The lowest BCUT2D eigenvalue weighted by molar-refractivity contribution is 0.462. The van der Waals surface area contributed by atoms with Gasteiger partial charge in [-0.2, -0.15) is 0 Å². The third-order valence-corrected chi connectivity index (χ3v) is 3.83. The Hall–Kier alpha value is -0.670. The van der Waals surface area contributed by atoms with Crippen molar-refractivity contribution in [3.8, 4) is 0 Å². The van der Waals surface area contributed by atoms with Crippen molar-refractivity contribution in [3.05, 3.63) is 41.2 Å². The largest absolute Gasteiger partial charge is 0.309 e. The molecule has 19 heavy (non-hydrogen) atoms. The molecule has 1 heterocycles. The Morgan fingerprint density at radius 3 is 2.95 bits per heavy atom. The van der Waals surface area contributed by atoms with Crippen LogP contribution in [0, 0.1) is 0 Å². The molecule has 0 saturated carbocycles. The Balaban J connectivity index is 2.52. The number of nitrogens with zero attached hydrogens (tertiary/aromatic N) is 1. The van der Waals surface area contributed by atoms with Gasteiger partial charge in [-0.3, -0.25) is 4.98 Å². The molecule has 0 bridgehead atoms. The first-order valence-corrected chi connectivity index (χ1v) is 8.03. The van der Waals surface area contributed by atoms with Gasteiger partial charge in [0, 0.05) is 10.7 Å². The summed E-state index contributed by atoms with van der Waals surface area (Å²) >= 11 is 3.61. The highest BCUT2D eigenvalue weighted by Gasteiger charge is 2.14. The molecule has 1 aromatic rings. The molecule has 1 rings (SSSR count). The van der Waals surface area contributed by atoms with Crippen LogP contribution in [0.5, 0.6) is 0 Å². The summed E-state index contributed by atoms with van der Waals surface area (Å²) in [5.41, 5.74) is 1.14. The quantitative estimate of drug-likeness (QED) is 0.482. The molecule has 0 radical (unpaired) electrons. The third-order valence-electron chi connectivity index (χ3n) is 3.16. The highest BCUT2D eigenvalue weighted by molar-refractivity contribution is 9.10. The Morgan fingerprint density at radius 2 is 2.26 bits per heavy atom. The van der Waals surface area contributed by atoms with Crippen molar-refractivity contribution < 1.29 is 0 Å². The molecule has 0 saturated heterocycles. The summed E-state index contributed by atoms with van der Waals surface area (Å²) in [6.45, 7) is 7.00. The first-order chi connectivity index (χ1) is 9.29. The minimum absolute atomic E-state index is 0.360. The molecule has 3 heteroatoms. The molecule has 106 valence electrons. The maximum Gasteiger partial charge on any atom is 0.0714 e. The van der Waals surface area contributed by atoms with Crippen LogP contribution in [0.2, 0.25) is 0 Å². The van der Waals surface area contributed by atoms with Gasteiger partial charge in [0.25, 0.3) is 0 Å². The number of nitrogens with one attached hydrogen (secondary N) is 1. The molecular weight excluding hydrogens is 300 g/mol. The van der Waals surface area contributed by atoms with Crippen molar-refractivity contribution in [1.29, 1.82) is 0 Å². The molecule has 1 aromatic heterocycles. The van der Waals surface area contributed by atoms with Crippen molar-refractivity contribution in [2.45, 2.75) is 51.5 Å². The van der Waals surface area contributed by atoms with Gasteiger partial charge in [-0.1, -0.05) is 25.8 Å². The van der Waals surface area contributed by atoms with Gasteiger partial charge < -0.3 is 5.32 Å². The number of allylic oxidation sites excluding steroid dienone is 1. The predicted molar refractivity (Wildman–Crippen MR) is 86.3 cm³/mol. The zero-order valence-electron chi connectivity index (χ0n) is 11.9. The highest BCUT2D eigenvalue weighted by atomic mass is 79.9. The van der Waals surface area contributed by atoms with E-state index in [0.29, 0.717) is 6.04 Å². The average molecular weight is 325 g/mol. The maximum absolute atomic E-state index is 4.52. The summed E-state index contributed by atoms with van der Waals surface area (Å²) in [5, 5.41) is 3.60. The molecule has 0 aromatic carbocycles. The van der Waals surface area contributed by atoms with Gasteiger partial charge in [0.1, 0.15) is 0 Å². The van der Waals surface area contributed by atoms with E-state index in [1.54, 1.807) is 0 Å². The smallest absolute Gasteiger partial charge is 0.0714 e. The lowest BCUT2D eigenvalue weighted by Gasteiger charge is -2.19. The van der Waals surface area contributed by atoms with E-state index in [4.69, 9.17) is 0 Å². The van der Waals surface area contributed by atoms with E-state index < -0.39 is 0 Å². The Labute approximate surface area is 125 Å². The first kappa shape index (κ1) is 16.4. The zero-order chi connectivity index (χ0) is 13.9. The first-order valence-electron chi connectivity index (χ1n) is 7.24. The third kappa shape index (κ3) is 6.35. The fraction of sp³-hybridized carbons (Fsp3) is 0.562. The van der Waals surface area contributed by atoms with Crippen LogP contribution in [0.1, 0.15) is 57.2 Å². The van der Waals surface area contributed by atoms with Gasteiger partial charge in [0.05, 0.1) is 11.7 Å². The monoisotopic (exact) mass is 324 g/mol. The second kappa shape index (κ2) is 10.2. The van der Waals surface area contributed by atoms with Gasteiger partial charge >= 0.3 is 0 Å². The molecule has 1 unspecified atom stereocenters. The van der Waals surface area contributed by atoms with Crippen LogP contribution >= 0.6 is 15.9 Å². The molecule has 1 atom stereocenters. The number of hydrogen-bond donors (Lipinski definition) is 1. The van der Waals surface area contributed by atoms with Crippen molar-refractivity contribution in [2.24, 2.45) is 0 Å². The lowest BCUT2D eigenvalue weighted by Crippen LogP contribution is -2.23. The van der Waals surface area contributed by atoms with Crippen LogP contribution in [0.4, 0.5) is 0 Å². The summed E-state index contributed by atoms with van der Waals surface area (Å²) in [6.07, 6.45) is 11.0. The van der Waals surface area contributed by atoms with Crippen molar-refractivity contribution >= 4 is 15.9 Å². The number of rotatable bonds is 10. The maximum atomic E-state index is 4.52. The van der Waals surface area contributed by atoms with Gasteiger partial charge in [-0.25, -0.2) is 0 Å². The molecule has 0 aliphatic rings. The topological polar surface area (TPSA) is 24.9 Å². The van der Waals surface area contributed by atoms with E-state index in [1.807, 2.05) is 18.3 Å². The Kier molecular flexibility index (Phi) is 8.76. The number of aromatic nitrogens is 1. The molecule has 1 N–H and O–H groups in total. The van der Waals surface area contributed by atoms with E-state index >= 15 is 0 Å². The normalized spacial score (nSPS) is 12.3. The van der Waals surface area contributed by atoms with Gasteiger partial charge in [0.2, 0.25) is 0 Å². The second-order valence-electron chi connectivity index (χ2n) is 4.80. The Morgan fingerprint density at radius 1 is 1.42 bits per heavy atom. The minimum atomic E-state index is 0.360. The summed E-state index contributed by atoms with van der Waals surface area (Å²) in [5.74, 6) is 0. The molecule has 0 aliphatic heterocycles. The average Bonchev–Trinajstić information content (AvgIpc) is 2.43. The molecular formula is C16H25BrN2. The van der Waals surface area contributed by atoms with Crippen LogP contribution in [0.25, 0.3) is 0 Å². The summed E-state index contributed by atoms with van der Waals surface area (Å²) in [4.78, 5) is 4.52. The molecule has 0 spiro atoms. The number of pyridine rings is 1. The van der Waals surface area contributed by atoms with E-state index in [-0.39, 0.29) is 0 Å². The van der Waals surface area contributed by atoms with Crippen LogP contribution < -0.4 is 5.32 Å². The van der Waals surface area contributed by atoms with Crippen LogP contribution in [0.3, 0.4) is 0 Å². The van der Waals surface area contributed by atoms with E-state index in [1.165, 1.54) is 19.3 Å². The van der Waals surface area contributed by atoms with Crippen LogP contribution in [-0.2, 0) is 0 Å². The van der Waals surface area contributed by atoms with Gasteiger partial charge in [-0.05, 0) is 60.3 Å². The fourth-order valence-electron chi connectivity index (χ4n) is 2.12. The lowest BCUT2D eigenvalue weighted by atomic mass is 10.0. The Bertz CT molecular complexity index is 366. The zero-order valence-corrected chi connectivity index (χ0v) is 13.5. The van der Waals surface area contributed by atoms with Crippen molar-refractivity contribution in [2.75, 3.05) is 6.54 Å². The van der Waals surface area contributed by atoms with E-state index in [9.17, 15) is 0 Å². The van der Waals surface area contributed by atoms with E-state index in [0.717, 1.165) is 36.0 Å². The van der Waals surface area contributed by atoms with Gasteiger partial charge in [0.15, 0.2) is 0 Å². The molecule has 0 fully saturated rings. The number of unbranched alkanes of at least 4 members (excludes halogenated alkanes) is 3. The van der Waals surface area contributed by atoms with Crippen LogP contribution in [-0.4, -0.2) is 11.5 Å². The predicted octanol–water partition coefficient (Wildman–Crippen LogP) is 5.02. The fourth-order valence-corrected chi connectivity index (χ4v) is 2.65. The second-order valence-corrected chi connectivity index (χ2v) is 5.66. The minimum Gasteiger partial charge on any atom is -0.309 e. The number of halogens is 1. The highest BCUT2D eigenvalue weighted by Crippen LogP contribution is 2.25. The van der Waals surface area contributed by atoms with Crippen LogP contribution in [0.15, 0.2) is 35.5 Å². The number of hydrogen-bond acceptors (Lipinski definition) is 2. The summed E-state index contributed by atoms with van der Waals surface area (Å²) in [6, 6.07) is 4.40. The summed E-state index contributed by atoms with van der Waals surface area (Å²) < 4.78 is 1.11. The molecule has 2 nitrogen and oxygen atoms in total. The van der Waals surface area contributed by atoms with Crippen molar-refractivity contribution in [1.82, 2.24) is 10.3 Å².